The van der Waals surface area contributed by atoms with E-state index in [1.165, 1.54) is 19.3 Å². The molecular formula is C16H28O3S. The van der Waals surface area contributed by atoms with Crippen molar-refractivity contribution in [2.45, 2.75) is 72.5 Å². The van der Waals surface area contributed by atoms with Crippen LogP contribution in [0, 0.1) is 13.8 Å². The van der Waals surface area contributed by atoms with Crippen LogP contribution in [0.1, 0.15) is 56.2 Å². The zero-order chi connectivity index (χ0) is 15.1. The molecule has 1 aliphatic rings. The highest BCUT2D eigenvalue weighted by molar-refractivity contribution is 7.12. The van der Waals surface area contributed by atoms with Crippen molar-refractivity contribution in [3.63, 3.8) is 0 Å². The average Bonchev–Trinajstić information content (AvgIpc) is 2.73. The number of aliphatic hydroxyl groups is 1. The third-order valence-corrected chi connectivity index (χ3v) is 4.38. The van der Waals surface area contributed by atoms with E-state index in [0.717, 1.165) is 27.7 Å². The molecule has 3 nitrogen and oxygen atoms in total. The normalized spacial score (nSPS) is 20.3. The summed E-state index contributed by atoms with van der Waals surface area (Å²) in [6, 6.07) is 0. The minimum Gasteiger partial charge on any atom is -0.481 e. The number of aliphatic hydroxyl groups excluding tert-OH is 1. The minimum absolute atomic E-state index is 0.00623. The highest BCUT2D eigenvalue weighted by atomic mass is 32.1. The molecule has 1 aromatic heterocycles. The molecule has 4 heteroatoms. The molecule has 116 valence electrons. The fourth-order valence-electron chi connectivity index (χ4n) is 2.22. The van der Waals surface area contributed by atoms with Crippen molar-refractivity contribution in [2.75, 3.05) is 6.61 Å². The van der Waals surface area contributed by atoms with Gasteiger partial charge in [0.05, 0.1) is 6.61 Å². The summed E-state index contributed by atoms with van der Waals surface area (Å²) in [7, 11) is 0. The second kappa shape index (κ2) is 8.53. The van der Waals surface area contributed by atoms with E-state index in [4.69, 9.17) is 9.47 Å². The van der Waals surface area contributed by atoms with Crippen LogP contribution in [0.5, 0.6) is 11.5 Å². The Hall–Kier alpha value is -0.740. The van der Waals surface area contributed by atoms with Gasteiger partial charge in [-0.2, -0.15) is 0 Å². The lowest BCUT2D eigenvalue weighted by Crippen LogP contribution is -2.41. The zero-order valence-electron chi connectivity index (χ0n) is 13.4. The Morgan fingerprint density at radius 2 is 1.45 bits per heavy atom. The van der Waals surface area contributed by atoms with Crippen molar-refractivity contribution < 1.29 is 14.6 Å². The van der Waals surface area contributed by atoms with Gasteiger partial charge in [-0.05, 0) is 20.3 Å². The largest absolute Gasteiger partial charge is 0.481 e. The predicted octanol–water partition coefficient (Wildman–Crippen LogP) is 4.47. The van der Waals surface area contributed by atoms with Gasteiger partial charge in [0.25, 0.3) is 0 Å². The Kier molecular flexibility index (Phi) is 7.38. The smallest absolute Gasteiger partial charge is 0.175 e. The molecule has 0 saturated heterocycles. The monoisotopic (exact) mass is 300 g/mol. The first-order chi connectivity index (χ1) is 9.58. The van der Waals surface area contributed by atoms with E-state index in [-0.39, 0.29) is 18.8 Å². The zero-order valence-corrected chi connectivity index (χ0v) is 14.2. The SMILES string of the molecule is CCC1Oc2c(C)sc(C)c2OC1CO.CCCCC. The fraction of sp³-hybridized carbons (Fsp3) is 0.750. The molecule has 1 aromatic rings. The van der Waals surface area contributed by atoms with Crippen LogP contribution >= 0.6 is 11.3 Å². The van der Waals surface area contributed by atoms with Gasteiger partial charge in [0.15, 0.2) is 17.6 Å². The third kappa shape index (κ3) is 4.13. The number of ether oxygens (including phenoxy) is 2. The topological polar surface area (TPSA) is 38.7 Å². The summed E-state index contributed by atoms with van der Waals surface area (Å²) in [4.78, 5) is 2.27. The molecule has 0 aliphatic carbocycles. The molecule has 0 aromatic carbocycles. The van der Waals surface area contributed by atoms with E-state index in [1.54, 1.807) is 11.3 Å². The molecule has 0 fully saturated rings. The second-order valence-corrected chi connectivity index (χ2v) is 6.56. The molecule has 0 spiro atoms. The molecule has 0 amide bonds. The first-order valence-corrected chi connectivity index (χ1v) is 8.44. The van der Waals surface area contributed by atoms with Crippen LogP contribution in [-0.4, -0.2) is 23.9 Å². The van der Waals surface area contributed by atoms with E-state index in [9.17, 15) is 5.11 Å². The van der Waals surface area contributed by atoms with E-state index in [0.29, 0.717) is 0 Å². The van der Waals surface area contributed by atoms with Gasteiger partial charge in [-0.1, -0.05) is 40.0 Å². The molecule has 2 atom stereocenters. The molecule has 2 heterocycles. The minimum atomic E-state index is -0.227. The number of unbranched alkanes of at least 4 members (excludes halogenated alkanes) is 2. The number of hydrogen-bond donors (Lipinski definition) is 1. The van der Waals surface area contributed by atoms with Crippen molar-refractivity contribution in [3.8, 4) is 11.5 Å². The lowest BCUT2D eigenvalue weighted by Gasteiger charge is -2.31. The lowest BCUT2D eigenvalue weighted by molar-refractivity contribution is -0.0122. The van der Waals surface area contributed by atoms with E-state index in [2.05, 4.69) is 13.8 Å². The summed E-state index contributed by atoms with van der Waals surface area (Å²) in [6.07, 6.45) is 4.66. The molecule has 2 rings (SSSR count). The molecule has 20 heavy (non-hydrogen) atoms. The van der Waals surface area contributed by atoms with Gasteiger partial charge in [-0.25, -0.2) is 0 Å². The highest BCUT2D eigenvalue weighted by Gasteiger charge is 2.33. The number of hydrogen-bond acceptors (Lipinski definition) is 4. The van der Waals surface area contributed by atoms with Crippen molar-refractivity contribution in [2.24, 2.45) is 0 Å². The Balaban J connectivity index is 0.000000347. The van der Waals surface area contributed by atoms with Gasteiger partial charge in [0.2, 0.25) is 0 Å². The van der Waals surface area contributed by atoms with E-state index in [1.807, 2.05) is 20.8 Å². The second-order valence-electron chi connectivity index (χ2n) is 5.13. The summed E-state index contributed by atoms with van der Waals surface area (Å²) in [5.74, 6) is 1.69. The molecule has 0 bridgehead atoms. The first kappa shape index (κ1) is 17.3. The summed E-state index contributed by atoms with van der Waals surface area (Å²) in [5.41, 5.74) is 0. The van der Waals surface area contributed by atoms with Crippen LogP contribution in [0.25, 0.3) is 0 Å². The van der Waals surface area contributed by atoms with Gasteiger partial charge in [-0.3, -0.25) is 0 Å². The number of rotatable bonds is 4. The van der Waals surface area contributed by atoms with Crippen LogP contribution in [0.2, 0.25) is 0 Å². The van der Waals surface area contributed by atoms with Gasteiger partial charge >= 0.3 is 0 Å². The molecular weight excluding hydrogens is 272 g/mol. The number of thiophene rings is 1. The fourth-order valence-corrected chi connectivity index (χ4v) is 3.15. The average molecular weight is 300 g/mol. The summed E-state index contributed by atoms with van der Waals surface area (Å²) in [5, 5.41) is 9.21. The van der Waals surface area contributed by atoms with Crippen molar-refractivity contribution in [1.82, 2.24) is 0 Å². The van der Waals surface area contributed by atoms with Gasteiger partial charge in [0, 0.05) is 9.75 Å². The maximum atomic E-state index is 9.21. The Labute approximate surface area is 126 Å². The quantitative estimate of drug-likeness (QED) is 0.891. The number of aryl methyl sites for hydroxylation is 2. The summed E-state index contributed by atoms with van der Waals surface area (Å²) >= 11 is 1.68. The van der Waals surface area contributed by atoms with E-state index < -0.39 is 0 Å². The van der Waals surface area contributed by atoms with Crippen molar-refractivity contribution in [3.05, 3.63) is 9.75 Å². The summed E-state index contributed by atoms with van der Waals surface area (Å²) < 4.78 is 11.6. The van der Waals surface area contributed by atoms with Crippen LogP contribution in [0.4, 0.5) is 0 Å². The van der Waals surface area contributed by atoms with E-state index >= 15 is 0 Å². The standard InChI is InChI=1S/C11H16O3S.C5H12/c1-4-8-9(5-12)14-11-7(3)15-6(2)10(11)13-8;1-3-5-4-2/h8-9,12H,4-5H2,1-3H3;3-5H2,1-2H3. The molecule has 0 radical (unpaired) electrons. The third-order valence-electron chi connectivity index (χ3n) is 3.39. The number of fused-ring (bicyclic) bond motifs is 1. The van der Waals surface area contributed by atoms with Crippen LogP contribution in [0.3, 0.4) is 0 Å². The van der Waals surface area contributed by atoms with Crippen LogP contribution in [0.15, 0.2) is 0 Å². The van der Waals surface area contributed by atoms with Gasteiger partial charge in [-0.15, -0.1) is 11.3 Å². The van der Waals surface area contributed by atoms with Crippen molar-refractivity contribution >= 4 is 11.3 Å². The molecule has 2 unspecified atom stereocenters. The Bertz CT molecular complexity index is 366. The van der Waals surface area contributed by atoms with Crippen LogP contribution in [-0.2, 0) is 0 Å². The predicted molar refractivity (Wildman–Crippen MR) is 85.2 cm³/mol. The van der Waals surface area contributed by atoms with Crippen LogP contribution < -0.4 is 9.47 Å². The summed E-state index contributed by atoms with van der Waals surface area (Å²) in [6.45, 7) is 10.5. The van der Waals surface area contributed by atoms with Gasteiger partial charge in [0.1, 0.15) is 6.10 Å². The van der Waals surface area contributed by atoms with Crippen molar-refractivity contribution in [1.29, 1.82) is 0 Å². The highest BCUT2D eigenvalue weighted by Crippen LogP contribution is 2.45. The van der Waals surface area contributed by atoms with Gasteiger partial charge < -0.3 is 14.6 Å². The molecule has 0 saturated carbocycles. The maximum Gasteiger partial charge on any atom is 0.175 e. The molecule has 1 N–H and O–H groups in total. The first-order valence-electron chi connectivity index (χ1n) is 7.63. The Morgan fingerprint density at radius 3 is 1.80 bits per heavy atom. The lowest BCUT2D eigenvalue weighted by atomic mass is 10.1. The Morgan fingerprint density at radius 1 is 0.950 bits per heavy atom. The maximum absolute atomic E-state index is 9.21. The molecule has 1 aliphatic heterocycles.